The monoisotopic (exact) mass is 309 g/mol. The molecule has 0 aliphatic heterocycles. The molecule has 0 spiro atoms. The number of ether oxygens (including phenoxy) is 1. The molecule has 0 N–H and O–H groups in total. The van der Waals surface area contributed by atoms with E-state index >= 15 is 0 Å². The molecule has 0 saturated heterocycles. The van der Waals surface area contributed by atoms with Gasteiger partial charge in [0.25, 0.3) is 0 Å². The molecule has 22 heavy (non-hydrogen) atoms. The van der Waals surface area contributed by atoms with Gasteiger partial charge in [-0.2, -0.15) is 0 Å². The first-order valence-corrected chi connectivity index (χ1v) is 8.80. The number of aromatic nitrogens is 3. The summed E-state index contributed by atoms with van der Waals surface area (Å²) in [6, 6.07) is 0. The first kappa shape index (κ1) is 18.7. The van der Waals surface area contributed by atoms with Crippen LogP contribution in [0, 0.1) is 0 Å². The maximum atomic E-state index is 11.2. The van der Waals surface area contributed by atoms with E-state index < -0.39 is 0 Å². The second-order valence-corrected chi connectivity index (χ2v) is 5.75. The van der Waals surface area contributed by atoms with Crippen LogP contribution < -0.4 is 0 Å². The smallest absolute Gasteiger partial charge is 0.305 e. The fourth-order valence-corrected chi connectivity index (χ4v) is 2.43. The Kier molecular flexibility index (Phi) is 10.3. The van der Waals surface area contributed by atoms with Crippen LogP contribution in [0.3, 0.4) is 0 Å². The van der Waals surface area contributed by atoms with Crippen molar-refractivity contribution in [2.24, 2.45) is 0 Å². The van der Waals surface area contributed by atoms with Gasteiger partial charge in [-0.1, -0.05) is 44.2 Å². The van der Waals surface area contributed by atoms with E-state index in [0.29, 0.717) is 13.0 Å². The predicted octanol–water partition coefficient (Wildman–Crippen LogP) is 3.91. The van der Waals surface area contributed by atoms with Crippen molar-refractivity contribution in [3.8, 4) is 0 Å². The number of unbranched alkanes of at least 4 members (excludes halogenated alkanes) is 6. The summed E-state index contributed by atoms with van der Waals surface area (Å²) in [6.45, 7) is 5.36. The average Bonchev–Trinajstić information content (AvgIpc) is 2.95. The number of rotatable bonds is 13. The topological polar surface area (TPSA) is 57.0 Å². The lowest BCUT2D eigenvalue weighted by molar-refractivity contribution is -0.143. The van der Waals surface area contributed by atoms with Gasteiger partial charge in [0.1, 0.15) is 0 Å². The lowest BCUT2D eigenvalue weighted by Crippen LogP contribution is -2.05. The normalized spacial score (nSPS) is 10.8. The number of hydrogen-bond donors (Lipinski definition) is 0. The van der Waals surface area contributed by atoms with Gasteiger partial charge in [0.2, 0.25) is 0 Å². The van der Waals surface area contributed by atoms with Gasteiger partial charge in [0.15, 0.2) is 0 Å². The minimum atomic E-state index is -0.107. The van der Waals surface area contributed by atoms with E-state index in [2.05, 4.69) is 17.2 Å². The Morgan fingerprint density at radius 1 is 1.09 bits per heavy atom. The Morgan fingerprint density at radius 3 is 2.64 bits per heavy atom. The SMILES string of the molecule is CCCCCCCCc1cn(CCCCC(=O)OCC)nn1. The Balaban J connectivity index is 2.07. The van der Waals surface area contributed by atoms with E-state index in [9.17, 15) is 4.79 Å². The number of esters is 1. The molecule has 0 unspecified atom stereocenters. The van der Waals surface area contributed by atoms with Gasteiger partial charge in [-0.15, -0.1) is 5.10 Å². The van der Waals surface area contributed by atoms with Crippen molar-refractivity contribution < 1.29 is 9.53 Å². The van der Waals surface area contributed by atoms with Crippen molar-refractivity contribution in [2.45, 2.75) is 84.6 Å². The first-order valence-electron chi connectivity index (χ1n) is 8.80. The molecule has 126 valence electrons. The maximum Gasteiger partial charge on any atom is 0.305 e. The molecule has 0 radical (unpaired) electrons. The molecule has 0 bridgehead atoms. The molecule has 0 saturated carbocycles. The van der Waals surface area contributed by atoms with Crippen LogP contribution in [-0.2, 0) is 22.5 Å². The lowest BCUT2D eigenvalue weighted by Gasteiger charge is -2.01. The van der Waals surface area contributed by atoms with Gasteiger partial charge < -0.3 is 4.74 Å². The third-order valence-corrected chi connectivity index (χ3v) is 3.70. The van der Waals surface area contributed by atoms with Crippen LogP contribution in [0.1, 0.15) is 77.3 Å². The van der Waals surface area contributed by atoms with E-state index in [4.69, 9.17) is 4.74 Å². The minimum Gasteiger partial charge on any atom is -0.466 e. The largest absolute Gasteiger partial charge is 0.466 e. The molecule has 1 aromatic heterocycles. The molecule has 0 fully saturated rings. The number of carbonyl (C=O) groups is 1. The van der Waals surface area contributed by atoms with Crippen LogP contribution >= 0.6 is 0 Å². The molecular weight excluding hydrogens is 278 g/mol. The van der Waals surface area contributed by atoms with E-state index in [1.54, 1.807) is 0 Å². The molecule has 0 aliphatic carbocycles. The van der Waals surface area contributed by atoms with Gasteiger partial charge >= 0.3 is 5.97 Å². The number of hydrogen-bond acceptors (Lipinski definition) is 4. The standard InChI is InChI=1S/C17H31N3O2/c1-3-5-6-7-8-9-12-16-15-20(19-18-16)14-11-10-13-17(21)22-4-2/h15H,3-14H2,1-2H3. The highest BCUT2D eigenvalue weighted by molar-refractivity contribution is 5.69. The van der Waals surface area contributed by atoms with Gasteiger partial charge in [-0.25, -0.2) is 0 Å². The van der Waals surface area contributed by atoms with Crippen LogP contribution in [0.4, 0.5) is 0 Å². The highest BCUT2D eigenvalue weighted by atomic mass is 16.5. The second-order valence-electron chi connectivity index (χ2n) is 5.75. The van der Waals surface area contributed by atoms with Gasteiger partial charge in [0, 0.05) is 19.2 Å². The van der Waals surface area contributed by atoms with E-state index in [1.807, 2.05) is 17.8 Å². The molecule has 1 rings (SSSR count). The molecule has 0 aromatic carbocycles. The molecular formula is C17H31N3O2. The van der Waals surface area contributed by atoms with Gasteiger partial charge in [-0.05, 0) is 32.6 Å². The quantitative estimate of drug-likeness (QED) is 0.409. The molecule has 1 aromatic rings. The fraction of sp³-hybridized carbons (Fsp3) is 0.824. The molecule has 5 nitrogen and oxygen atoms in total. The van der Waals surface area contributed by atoms with Crippen molar-refractivity contribution in [3.63, 3.8) is 0 Å². The number of carbonyl (C=O) groups excluding carboxylic acids is 1. The van der Waals surface area contributed by atoms with E-state index in [-0.39, 0.29) is 5.97 Å². The third-order valence-electron chi connectivity index (χ3n) is 3.70. The molecule has 5 heteroatoms. The minimum absolute atomic E-state index is 0.107. The van der Waals surface area contributed by atoms with E-state index in [0.717, 1.165) is 31.5 Å². The predicted molar refractivity (Wildman–Crippen MR) is 87.6 cm³/mol. The number of aryl methyl sites for hydroxylation is 2. The Labute approximate surface area is 134 Å². The van der Waals surface area contributed by atoms with Crippen LogP contribution in [-0.4, -0.2) is 27.6 Å². The Morgan fingerprint density at radius 2 is 1.86 bits per heavy atom. The van der Waals surface area contributed by atoms with Crippen LogP contribution in [0.15, 0.2) is 6.20 Å². The lowest BCUT2D eigenvalue weighted by atomic mass is 10.1. The highest BCUT2D eigenvalue weighted by Gasteiger charge is 2.03. The van der Waals surface area contributed by atoms with Crippen molar-refractivity contribution >= 4 is 5.97 Å². The maximum absolute atomic E-state index is 11.2. The van der Waals surface area contributed by atoms with Crippen molar-refractivity contribution in [2.75, 3.05) is 6.61 Å². The summed E-state index contributed by atoms with van der Waals surface area (Å²) in [7, 11) is 0. The molecule has 0 aliphatic rings. The summed E-state index contributed by atoms with van der Waals surface area (Å²) in [5, 5.41) is 8.36. The van der Waals surface area contributed by atoms with Crippen molar-refractivity contribution in [3.05, 3.63) is 11.9 Å². The molecule has 1 heterocycles. The van der Waals surface area contributed by atoms with Crippen LogP contribution in [0.2, 0.25) is 0 Å². The van der Waals surface area contributed by atoms with Gasteiger partial charge in [-0.3, -0.25) is 9.48 Å². The molecule has 0 amide bonds. The van der Waals surface area contributed by atoms with Gasteiger partial charge in [0.05, 0.1) is 12.3 Å². The summed E-state index contributed by atoms with van der Waals surface area (Å²) < 4.78 is 6.79. The van der Waals surface area contributed by atoms with Crippen LogP contribution in [0.5, 0.6) is 0 Å². The Hall–Kier alpha value is -1.39. The average molecular weight is 309 g/mol. The zero-order valence-corrected chi connectivity index (χ0v) is 14.2. The van der Waals surface area contributed by atoms with Crippen molar-refractivity contribution in [1.82, 2.24) is 15.0 Å². The summed E-state index contributed by atoms with van der Waals surface area (Å²) in [5.41, 5.74) is 1.08. The summed E-state index contributed by atoms with van der Waals surface area (Å²) >= 11 is 0. The summed E-state index contributed by atoms with van der Waals surface area (Å²) in [6.07, 6.45) is 13.1. The van der Waals surface area contributed by atoms with Crippen molar-refractivity contribution in [1.29, 1.82) is 0 Å². The fourth-order valence-electron chi connectivity index (χ4n) is 2.43. The van der Waals surface area contributed by atoms with E-state index in [1.165, 1.54) is 38.5 Å². The highest BCUT2D eigenvalue weighted by Crippen LogP contribution is 2.08. The summed E-state index contributed by atoms with van der Waals surface area (Å²) in [4.78, 5) is 11.2. The molecule has 0 atom stereocenters. The summed E-state index contributed by atoms with van der Waals surface area (Å²) in [5.74, 6) is -0.107. The first-order chi connectivity index (χ1) is 10.8. The second kappa shape index (κ2) is 12.2. The van der Waals surface area contributed by atoms with Crippen LogP contribution in [0.25, 0.3) is 0 Å². The third kappa shape index (κ3) is 8.80. The Bertz CT molecular complexity index is 404. The number of nitrogens with zero attached hydrogens (tertiary/aromatic N) is 3. The zero-order chi connectivity index (χ0) is 16.0. The zero-order valence-electron chi connectivity index (χ0n) is 14.2.